The molecule has 7 rings (SSSR count). The number of hydrogen-bond donors (Lipinski definition) is 1. The summed E-state index contributed by atoms with van der Waals surface area (Å²) in [7, 11) is 0. The first kappa shape index (κ1) is 31.0. The van der Waals surface area contributed by atoms with Crippen LogP contribution in [-0.4, -0.2) is 39.1 Å². The zero-order chi connectivity index (χ0) is 31.8. The largest absolute Gasteiger partial charge is 0.477 e. The minimum Gasteiger partial charge on any atom is -0.477 e. The summed E-state index contributed by atoms with van der Waals surface area (Å²) in [5, 5.41) is 0. The van der Waals surface area contributed by atoms with Crippen LogP contribution in [-0.2, 0) is 6.42 Å². The van der Waals surface area contributed by atoms with Gasteiger partial charge in [-0.2, -0.15) is 4.98 Å². The van der Waals surface area contributed by atoms with Gasteiger partial charge in [-0.05, 0) is 110 Å². The van der Waals surface area contributed by atoms with E-state index in [0.717, 1.165) is 53.0 Å². The van der Waals surface area contributed by atoms with E-state index in [4.69, 9.17) is 24.7 Å². The summed E-state index contributed by atoms with van der Waals surface area (Å²) < 4.78 is 10.1. The number of benzene rings is 2. The van der Waals surface area contributed by atoms with E-state index in [9.17, 15) is 0 Å². The Morgan fingerprint density at radius 2 is 1.78 bits per heavy atom. The molecular formula is C38H46N6OS. The predicted octanol–water partition coefficient (Wildman–Crippen LogP) is 8.82. The molecule has 0 radical (unpaired) electrons. The molecule has 0 spiro atoms. The SMILES string of the molecule is Cc1cccc(C)c1-c1cc2nc(n1)NSc1cccc(c1)C(Cc1cncc(N3CCCC4CCC43)n1)C(CC(C)(C)C)CO2. The highest BCUT2D eigenvalue weighted by Crippen LogP contribution is 2.42. The first-order chi connectivity index (χ1) is 22.2. The molecule has 4 unspecified atom stereocenters. The minimum atomic E-state index is 0.109. The second kappa shape index (κ2) is 12.9. The minimum absolute atomic E-state index is 0.109. The van der Waals surface area contributed by atoms with Crippen molar-refractivity contribution in [3.8, 4) is 17.1 Å². The molecule has 7 nitrogen and oxygen atoms in total. The van der Waals surface area contributed by atoms with Crippen molar-refractivity contribution in [2.75, 3.05) is 22.8 Å². The van der Waals surface area contributed by atoms with E-state index in [0.29, 0.717) is 24.5 Å². The number of aryl methyl sites for hydroxylation is 2. The summed E-state index contributed by atoms with van der Waals surface area (Å²) in [6.07, 6.45) is 11.0. The Kier molecular flexibility index (Phi) is 8.66. The van der Waals surface area contributed by atoms with Crippen LogP contribution in [0.15, 0.2) is 65.8 Å². The number of nitrogens with one attached hydrogen (secondary N) is 1. The van der Waals surface area contributed by atoms with Crippen LogP contribution in [0.1, 0.15) is 81.2 Å². The number of nitrogens with zero attached hydrogens (tertiary/aromatic N) is 5. The highest BCUT2D eigenvalue weighted by atomic mass is 32.2. The third-order valence-corrected chi connectivity index (χ3v) is 10.8. The zero-order valence-electron chi connectivity index (χ0n) is 27.8. The van der Waals surface area contributed by atoms with Gasteiger partial charge >= 0.3 is 0 Å². The molecule has 1 saturated heterocycles. The Morgan fingerprint density at radius 1 is 0.957 bits per heavy atom. The Balaban J connectivity index is 1.25. The quantitative estimate of drug-likeness (QED) is 0.218. The Labute approximate surface area is 278 Å². The van der Waals surface area contributed by atoms with E-state index in [2.05, 4.69) is 86.7 Å². The molecule has 1 aliphatic carbocycles. The van der Waals surface area contributed by atoms with Gasteiger partial charge in [0.25, 0.3) is 0 Å². The molecule has 1 saturated carbocycles. The topological polar surface area (TPSA) is 76.1 Å². The van der Waals surface area contributed by atoms with E-state index in [-0.39, 0.29) is 17.3 Å². The normalized spacial score (nSPS) is 22.8. The molecule has 2 aromatic heterocycles. The summed E-state index contributed by atoms with van der Waals surface area (Å²) >= 11 is 1.54. The molecule has 0 amide bonds. The van der Waals surface area contributed by atoms with Gasteiger partial charge in [0.15, 0.2) is 0 Å². The van der Waals surface area contributed by atoms with E-state index >= 15 is 0 Å². The highest BCUT2D eigenvalue weighted by Gasteiger charge is 2.39. The van der Waals surface area contributed by atoms with Gasteiger partial charge in [0.05, 0.1) is 24.2 Å². The van der Waals surface area contributed by atoms with Crippen molar-refractivity contribution >= 4 is 23.7 Å². The summed E-state index contributed by atoms with van der Waals surface area (Å²) in [6, 6.07) is 17.9. The molecule has 4 aromatic rings. The van der Waals surface area contributed by atoms with Gasteiger partial charge in [-0.25, -0.2) is 9.97 Å². The molecule has 2 aliphatic heterocycles. The van der Waals surface area contributed by atoms with Crippen LogP contribution in [0.5, 0.6) is 5.88 Å². The second-order valence-electron chi connectivity index (χ2n) is 14.7. The lowest BCUT2D eigenvalue weighted by atomic mass is 9.73. The fourth-order valence-electron chi connectivity index (χ4n) is 7.79. The number of rotatable bonds is 5. The third kappa shape index (κ3) is 6.73. The number of anilines is 2. The Morgan fingerprint density at radius 3 is 2.57 bits per heavy atom. The molecule has 4 bridgehead atoms. The predicted molar refractivity (Wildman–Crippen MR) is 187 cm³/mol. The molecular weight excluding hydrogens is 589 g/mol. The van der Waals surface area contributed by atoms with Gasteiger partial charge < -0.3 is 9.64 Å². The van der Waals surface area contributed by atoms with Crippen LogP contribution in [0.4, 0.5) is 11.8 Å². The third-order valence-electron chi connectivity index (χ3n) is 10.0. The number of hydrogen-bond acceptors (Lipinski definition) is 8. The summed E-state index contributed by atoms with van der Waals surface area (Å²) in [5.74, 6) is 3.44. The Hall–Kier alpha value is -3.65. The molecule has 240 valence electrons. The number of fused-ring (bicyclic) bond motifs is 5. The lowest BCUT2D eigenvalue weighted by Gasteiger charge is -2.49. The van der Waals surface area contributed by atoms with Crippen molar-refractivity contribution < 1.29 is 4.74 Å². The molecule has 3 aliphatic rings. The molecule has 46 heavy (non-hydrogen) atoms. The van der Waals surface area contributed by atoms with E-state index in [1.165, 1.54) is 42.4 Å². The number of piperidine rings is 1. The summed E-state index contributed by atoms with van der Waals surface area (Å²) in [4.78, 5) is 23.4. The van der Waals surface area contributed by atoms with Gasteiger partial charge in [-0.1, -0.05) is 51.1 Å². The van der Waals surface area contributed by atoms with Crippen molar-refractivity contribution in [1.29, 1.82) is 0 Å². The summed E-state index contributed by atoms with van der Waals surface area (Å²) in [5.41, 5.74) is 6.83. The van der Waals surface area contributed by atoms with Crippen LogP contribution in [0, 0.1) is 31.1 Å². The maximum Gasteiger partial charge on any atom is 0.237 e. The van der Waals surface area contributed by atoms with Gasteiger partial charge in [0.2, 0.25) is 11.8 Å². The van der Waals surface area contributed by atoms with Gasteiger partial charge in [0.1, 0.15) is 5.82 Å². The fourth-order valence-corrected chi connectivity index (χ4v) is 8.43. The maximum atomic E-state index is 6.67. The number of aromatic nitrogens is 4. The Bertz CT molecular complexity index is 1680. The highest BCUT2D eigenvalue weighted by molar-refractivity contribution is 8.00. The standard InChI is InChI=1S/C38H46N6OS/c1-24-9-6-10-25(2)36(24)32-19-35-42-37(41-32)43-46-30-13-7-11-27(17-30)31(28(23-45-35)20-38(3,4)5)18-29-21-39-22-34(40-29)44-16-8-12-26-14-15-33(26)44/h6-7,9-11,13,17,19,21-22,26,28,31,33H,8,12,14-16,18,20,23H2,1-5H3,(H,41,42,43). The maximum absolute atomic E-state index is 6.67. The smallest absolute Gasteiger partial charge is 0.237 e. The average Bonchev–Trinajstić information content (AvgIpc) is 3.01. The molecule has 8 heteroatoms. The van der Waals surface area contributed by atoms with Crippen LogP contribution in [0.2, 0.25) is 0 Å². The van der Waals surface area contributed by atoms with Crippen molar-refractivity contribution in [2.24, 2.45) is 17.3 Å². The van der Waals surface area contributed by atoms with E-state index in [1.54, 1.807) is 11.9 Å². The number of ether oxygens (including phenoxy) is 1. The first-order valence-electron chi connectivity index (χ1n) is 16.9. The van der Waals surface area contributed by atoms with Crippen molar-refractivity contribution in [1.82, 2.24) is 19.9 Å². The van der Waals surface area contributed by atoms with Gasteiger partial charge in [0, 0.05) is 41.2 Å². The monoisotopic (exact) mass is 634 g/mol. The molecule has 4 heterocycles. The molecule has 4 atom stereocenters. The van der Waals surface area contributed by atoms with Gasteiger partial charge in [-0.3, -0.25) is 9.71 Å². The molecule has 2 fully saturated rings. The van der Waals surface area contributed by atoms with Crippen LogP contribution < -0.4 is 14.4 Å². The zero-order valence-corrected chi connectivity index (χ0v) is 28.6. The summed E-state index contributed by atoms with van der Waals surface area (Å²) in [6.45, 7) is 12.9. The average molecular weight is 635 g/mol. The molecule has 2 aromatic carbocycles. The van der Waals surface area contributed by atoms with E-state index in [1.807, 2.05) is 18.5 Å². The van der Waals surface area contributed by atoms with Crippen LogP contribution in [0.25, 0.3) is 11.3 Å². The van der Waals surface area contributed by atoms with Crippen LogP contribution in [0.3, 0.4) is 0 Å². The van der Waals surface area contributed by atoms with Crippen molar-refractivity contribution in [3.05, 3.63) is 83.3 Å². The fraction of sp³-hybridized carbons (Fsp3) is 0.474. The lowest BCUT2D eigenvalue weighted by molar-refractivity contribution is 0.166. The van der Waals surface area contributed by atoms with Crippen molar-refractivity contribution in [3.63, 3.8) is 0 Å². The van der Waals surface area contributed by atoms with Crippen LogP contribution >= 0.6 is 11.9 Å². The second-order valence-corrected chi connectivity index (χ2v) is 15.6. The van der Waals surface area contributed by atoms with Gasteiger partial charge in [-0.15, -0.1) is 0 Å². The lowest BCUT2D eigenvalue weighted by Crippen LogP contribution is -2.51. The first-order valence-corrected chi connectivity index (χ1v) is 17.7. The molecule has 1 N–H and O–H groups in total. The van der Waals surface area contributed by atoms with Crippen molar-refractivity contribution in [2.45, 2.75) is 90.0 Å². The van der Waals surface area contributed by atoms with E-state index < -0.39 is 0 Å².